The van der Waals surface area contributed by atoms with E-state index in [2.05, 4.69) is 10.3 Å². The van der Waals surface area contributed by atoms with E-state index in [4.69, 9.17) is 0 Å². The third-order valence-corrected chi connectivity index (χ3v) is 4.82. The molecule has 1 saturated heterocycles. The van der Waals surface area contributed by atoms with Gasteiger partial charge in [0.15, 0.2) is 11.6 Å². The molecule has 0 spiro atoms. The number of pyridine rings is 1. The summed E-state index contributed by atoms with van der Waals surface area (Å²) in [6.45, 7) is 0.597. The van der Waals surface area contributed by atoms with Crippen LogP contribution in [0.2, 0.25) is 0 Å². The van der Waals surface area contributed by atoms with Crippen molar-refractivity contribution in [2.75, 3.05) is 30.9 Å². The van der Waals surface area contributed by atoms with E-state index in [-0.39, 0.29) is 23.4 Å². The lowest BCUT2D eigenvalue weighted by Gasteiger charge is -2.30. The van der Waals surface area contributed by atoms with E-state index in [1.807, 2.05) is 12.1 Å². The van der Waals surface area contributed by atoms with E-state index < -0.39 is 11.6 Å². The number of hydrogen-bond donors (Lipinski definition) is 1. The minimum Gasteiger partial charge on any atom is -0.373 e. The molecule has 1 N–H and O–H groups in total. The van der Waals surface area contributed by atoms with Crippen LogP contribution in [0.25, 0.3) is 0 Å². The van der Waals surface area contributed by atoms with E-state index in [0.717, 1.165) is 43.4 Å². The summed E-state index contributed by atoms with van der Waals surface area (Å²) in [6, 6.07) is 5.68. The molecule has 1 fully saturated rings. The third-order valence-electron chi connectivity index (χ3n) is 4.82. The Morgan fingerprint density at radius 2 is 1.81 bits per heavy atom. The van der Waals surface area contributed by atoms with Crippen molar-refractivity contribution < 1.29 is 13.6 Å². The van der Waals surface area contributed by atoms with Crippen LogP contribution >= 0.6 is 0 Å². The van der Waals surface area contributed by atoms with Crippen molar-refractivity contribution in [1.82, 2.24) is 9.88 Å². The van der Waals surface area contributed by atoms with Crippen LogP contribution in [-0.4, -0.2) is 36.6 Å². The molecule has 2 amide bonds. The summed E-state index contributed by atoms with van der Waals surface area (Å²) in [6.07, 6.45) is 7.24. The highest BCUT2D eigenvalue weighted by Gasteiger charge is 2.27. The maximum atomic E-state index is 14.2. The summed E-state index contributed by atoms with van der Waals surface area (Å²) in [4.78, 5) is 20.0. The summed E-state index contributed by atoms with van der Waals surface area (Å²) in [5.41, 5.74) is 0.998. The lowest BCUT2D eigenvalue weighted by Crippen LogP contribution is -2.38. The van der Waals surface area contributed by atoms with Crippen molar-refractivity contribution >= 4 is 17.4 Å². The maximum Gasteiger partial charge on any atom is 0.322 e. The van der Waals surface area contributed by atoms with Crippen LogP contribution < -0.4 is 10.2 Å². The first-order valence-corrected chi connectivity index (χ1v) is 9.11. The van der Waals surface area contributed by atoms with Gasteiger partial charge in [-0.1, -0.05) is 12.8 Å². The van der Waals surface area contributed by atoms with Crippen LogP contribution in [0.15, 0.2) is 36.7 Å². The number of halogens is 2. The Labute approximate surface area is 158 Å². The van der Waals surface area contributed by atoms with Gasteiger partial charge in [-0.05, 0) is 42.7 Å². The van der Waals surface area contributed by atoms with Crippen LogP contribution in [0, 0.1) is 11.6 Å². The first-order valence-electron chi connectivity index (χ1n) is 9.11. The number of rotatable bonds is 3. The molecule has 144 valence electrons. The molecular weight excluding hydrogens is 350 g/mol. The fourth-order valence-corrected chi connectivity index (χ4v) is 3.54. The van der Waals surface area contributed by atoms with Gasteiger partial charge < -0.3 is 15.1 Å². The van der Waals surface area contributed by atoms with Crippen LogP contribution in [-0.2, 0) is 0 Å². The first kappa shape index (κ1) is 19.1. The van der Waals surface area contributed by atoms with Gasteiger partial charge in [0.05, 0.1) is 6.04 Å². The zero-order chi connectivity index (χ0) is 19.4. The molecule has 5 nitrogen and oxygen atoms in total. The predicted octanol–water partition coefficient (Wildman–Crippen LogP) is 4.58. The minimum atomic E-state index is -0.711. The number of amides is 2. The average molecular weight is 374 g/mol. The second-order valence-electron chi connectivity index (χ2n) is 6.95. The molecule has 1 aromatic heterocycles. The van der Waals surface area contributed by atoms with Crippen molar-refractivity contribution in [2.45, 2.75) is 31.7 Å². The molecule has 0 radical (unpaired) electrons. The number of carbonyl (C=O) groups is 1. The number of nitrogens with one attached hydrogen (secondary N) is 1. The largest absolute Gasteiger partial charge is 0.373 e. The molecule has 1 atom stereocenters. The minimum absolute atomic E-state index is 0.0776. The Hall–Kier alpha value is -2.70. The molecule has 3 rings (SSSR count). The fourth-order valence-electron chi connectivity index (χ4n) is 3.54. The highest BCUT2D eigenvalue weighted by atomic mass is 19.1. The van der Waals surface area contributed by atoms with E-state index in [9.17, 15) is 13.6 Å². The smallest absolute Gasteiger partial charge is 0.322 e. The van der Waals surface area contributed by atoms with Crippen molar-refractivity contribution in [3.05, 3.63) is 53.9 Å². The van der Waals surface area contributed by atoms with Gasteiger partial charge in [-0.25, -0.2) is 13.6 Å². The third kappa shape index (κ3) is 4.35. The number of benzene rings is 1. The zero-order valence-electron chi connectivity index (χ0n) is 15.6. The Bertz CT molecular complexity index is 775. The van der Waals surface area contributed by atoms with Crippen molar-refractivity contribution in [1.29, 1.82) is 0 Å². The molecule has 1 aliphatic heterocycles. The van der Waals surface area contributed by atoms with Gasteiger partial charge in [0, 0.05) is 38.7 Å². The maximum absolute atomic E-state index is 14.2. The highest BCUT2D eigenvalue weighted by molar-refractivity contribution is 5.90. The zero-order valence-corrected chi connectivity index (χ0v) is 15.6. The van der Waals surface area contributed by atoms with Gasteiger partial charge in [-0.3, -0.25) is 4.98 Å². The molecule has 2 heterocycles. The van der Waals surface area contributed by atoms with Crippen LogP contribution in [0.3, 0.4) is 0 Å². The first-order chi connectivity index (χ1) is 13.0. The van der Waals surface area contributed by atoms with E-state index in [1.165, 1.54) is 4.90 Å². The number of likely N-dealkylation sites (tertiary alicyclic amines) is 1. The molecule has 7 heteroatoms. The van der Waals surface area contributed by atoms with Crippen LogP contribution in [0.1, 0.15) is 37.3 Å². The molecule has 1 unspecified atom stereocenters. The predicted molar refractivity (Wildman–Crippen MR) is 102 cm³/mol. The van der Waals surface area contributed by atoms with Gasteiger partial charge in [0.1, 0.15) is 5.69 Å². The van der Waals surface area contributed by atoms with Crippen molar-refractivity contribution in [3.8, 4) is 0 Å². The molecule has 1 aliphatic rings. The van der Waals surface area contributed by atoms with Gasteiger partial charge in [0.25, 0.3) is 0 Å². The average Bonchev–Trinajstić information content (AvgIpc) is 2.87. The molecule has 0 saturated carbocycles. The summed E-state index contributed by atoms with van der Waals surface area (Å²) in [7, 11) is 3.13. The number of aromatic nitrogens is 1. The van der Waals surface area contributed by atoms with Crippen LogP contribution in [0.5, 0.6) is 0 Å². The molecule has 0 bridgehead atoms. The summed E-state index contributed by atoms with van der Waals surface area (Å²) in [5.74, 6) is -1.42. The molecular formula is C20H24F2N4O. The van der Waals surface area contributed by atoms with Crippen LogP contribution in [0.4, 0.5) is 25.0 Å². The monoisotopic (exact) mass is 374 g/mol. The summed E-state index contributed by atoms with van der Waals surface area (Å²) >= 11 is 0. The number of urea groups is 1. The topological polar surface area (TPSA) is 48.5 Å². The van der Waals surface area contributed by atoms with E-state index >= 15 is 0 Å². The van der Waals surface area contributed by atoms with Gasteiger partial charge in [0.2, 0.25) is 0 Å². The number of carbonyl (C=O) groups excluding carboxylic acids is 1. The van der Waals surface area contributed by atoms with Gasteiger partial charge in [-0.2, -0.15) is 0 Å². The van der Waals surface area contributed by atoms with Crippen molar-refractivity contribution in [2.24, 2.45) is 0 Å². The van der Waals surface area contributed by atoms with Gasteiger partial charge >= 0.3 is 6.03 Å². The lowest BCUT2D eigenvalue weighted by molar-refractivity contribution is 0.189. The second kappa shape index (κ2) is 8.33. The molecule has 0 aliphatic carbocycles. The normalized spacial score (nSPS) is 17.3. The summed E-state index contributed by atoms with van der Waals surface area (Å²) in [5, 5.41) is 2.66. The fraction of sp³-hybridized carbons (Fsp3) is 0.400. The number of nitrogens with zero attached hydrogens (tertiary/aromatic N) is 3. The Morgan fingerprint density at radius 1 is 1.15 bits per heavy atom. The lowest BCUT2D eigenvalue weighted by atomic mass is 10.0. The Balaban J connectivity index is 1.83. The number of hydrogen-bond acceptors (Lipinski definition) is 3. The van der Waals surface area contributed by atoms with E-state index in [0.29, 0.717) is 6.54 Å². The Kier molecular flexibility index (Phi) is 5.88. The molecule has 2 aromatic rings. The Morgan fingerprint density at radius 3 is 2.44 bits per heavy atom. The highest BCUT2D eigenvalue weighted by Crippen LogP contribution is 2.31. The van der Waals surface area contributed by atoms with Crippen molar-refractivity contribution in [3.63, 3.8) is 0 Å². The SMILES string of the molecule is CN(C)c1c(F)cc(NC(=O)N2CCCCCC2c2ccncc2)cc1F. The van der Waals surface area contributed by atoms with Gasteiger partial charge in [-0.15, -0.1) is 0 Å². The number of anilines is 2. The van der Waals surface area contributed by atoms with E-state index in [1.54, 1.807) is 31.4 Å². The molecule has 27 heavy (non-hydrogen) atoms. The molecule has 1 aromatic carbocycles. The standard InChI is InChI=1S/C20H24F2N4O/c1-25(2)19-16(21)12-15(13-17(19)22)24-20(27)26-11-5-3-4-6-18(26)14-7-9-23-10-8-14/h7-10,12-13,18H,3-6,11H2,1-2H3,(H,24,27). The quantitative estimate of drug-likeness (QED) is 0.856. The summed E-state index contributed by atoms with van der Waals surface area (Å²) < 4.78 is 28.4. The second-order valence-corrected chi connectivity index (χ2v) is 6.95.